The average Bonchev–Trinajstić information content (AvgIpc) is 3.14. The maximum Gasteiger partial charge on any atom is 0.229 e. The number of rotatable bonds is 10. The third kappa shape index (κ3) is 6.86. The van der Waals surface area contributed by atoms with Crippen molar-refractivity contribution < 1.29 is 4.79 Å². The van der Waals surface area contributed by atoms with Crippen LogP contribution in [0, 0.1) is 0 Å². The highest BCUT2D eigenvalue weighted by Crippen LogP contribution is 2.31. The molecule has 3 aromatic rings. The lowest BCUT2D eigenvalue weighted by Crippen LogP contribution is -2.39. The molecular formula is C22H27Cl2N3OS2. The SMILES string of the molecule is CCN(CC)CCN(C(=O)CCSc1ccccc1)c1nc2ccc(Cl)cc2s1.Cl. The maximum absolute atomic E-state index is 13.1. The highest BCUT2D eigenvalue weighted by atomic mass is 35.5. The highest BCUT2D eigenvalue weighted by molar-refractivity contribution is 7.99. The van der Waals surface area contributed by atoms with E-state index in [-0.39, 0.29) is 18.3 Å². The van der Waals surface area contributed by atoms with E-state index in [9.17, 15) is 4.79 Å². The molecule has 1 heterocycles. The van der Waals surface area contributed by atoms with Crippen molar-refractivity contribution in [1.82, 2.24) is 9.88 Å². The van der Waals surface area contributed by atoms with E-state index < -0.39 is 0 Å². The van der Waals surface area contributed by atoms with Crippen LogP contribution in [0.4, 0.5) is 5.13 Å². The molecule has 4 nitrogen and oxygen atoms in total. The number of thiazole rings is 1. The summed E-state index contributed by atoms with van der Waals surface area (Å²) < 4.78 is 1.01. The van der Waals surface area contributed by atoms with Crippen LogP contribution >= 0.6 is 47.1 Å². The van der Waals surface area contributed by atoms with Gasteiger partial charge in [0.2, 0.25) is 5.91 Å². The molecule has 8 heteroatoms. The van der Waals surface area contributed by atoms with E-state index >= 15 is 0 Å². The summed E-state index contributed by atoms with van der Waals surface area (Å²) >= 11 is 9.36. The van der Waals surface area contributed by atoms with Crippen molar-refractivity contribution in [3.05, 3.63) is 53.6 Å². The van der Waals surface area contributed by atoms with Gasteiger partial charge in [0.1, 0.15) is 0 Å². The molecule has 0 atom stereocenters. The zero-order chi connectivity index (χ0) is 20.6. The number of aromatic nitrogens is 1. The number of benzene rings is 2. The first kappa shape index (κ1) is 25.0. The molecule has 2 aromatic carbocycles. The first-order valence-electron chi connectivity index (χ1n) is 9.87. The molecule has 1 aromatic heterocycles. The molecule has 0 aliphatic rings. The van der Waals surface area contributed by atoms with Crippen molar-refractivity contribution in [1.29, 1.82) is 0 Å². The summed E-state index contributed by atoms with van der Waals surface area (Å²) in [5.41, 5.74) is 0.883. The zero-order valence-electron chi connectivity index (χ0n) is 17.2. The van der Waals surface area contributed by atoms with E-state index in [1.165, 1.54) is 16.2 Å². The Morgan fingerprint density at radius 3 is 2.53 bits per heavy atom. The Morgan fingerprint density at radius 1 is 1.10 bits per heavy atom. The smallest absolute Gasteiger partial charge is 0.229 e. The zero-order valence-corrected chi connectivity index (χ0v) is 20.4. The minimum atomic E-state index is 0. The van der Waals surface area contributed by atoms with Crippen LogP contribution in [0.1, 0.15) is 20.3 Å². The van der Waals surface area contributed by atoms with Crippen molar-refractivity contribution in [2.75, 3.05) is 36.8 Å². The predicted octanol–water partition coefficient (Wildman–Crippen LogP) is 6.23. The molecule has 0 saturated carbocycles. The van der Waals surface area contributed by atoms with Gasteiger partial charge in [-0.1, -0.05) is 55.0 Å². The van der Waals surface area contributed by atoms with Gasteiger partial charge in [-0.25, -0.2) is 4.98 Å². The number of amides is 1. The van der Waals surface area contributed by atoms with Crippen LogP contribution in [0.5, 0.6) is 0 Å². The molecule has 0 fully saturated rings. The van der Waals surface area contributed by atoms with Crippen LogP contribution in [0.15, 0.2) is 53.4 Å². The van der Waals surface area contributed by atoms with Gasteiger partial charge in [0.05, 0.1) is 10.2 Å². The second-order valence-corrected chi connectivity index (χ2v) is 9.21. The van der Waals surface area contributed by atoms with E-state index in [4.69, 9.17) is 16.6 Å². The summed E-state index contributed by atoms with van der Waals surface area (Å²) in [6.45, 7) is 7.71. The molecule has 162 valence electrons. The second kappa shape index (κ2) is 12.5. The van der Waals surface area contributed by atoms with Gasteiger partial charge in [0.15, 0.2) is 5.13 Å². The van der Waals surface area contributed by atoms with Gasteiger partial charge in [-0.15, -0.1) is 24.2 Å². The van der Waals surface area contributed by atoms with Crippen LogP contribution in [-0.2, 0) is 4.79 Å². The minimum absolute atomic E-state index is 0. The van der Waals surface area contributed by atoms with Crippen molar-refractivity contribution in [3.8, 4) is 0 Å². The van der Waals surface area contributed by atoms with Crippen molar-refractivity contribution >= 4 is 68.4 Å². The first-order chi connectivity index (χ1) is 14.1. The molecule has 30 heavy (non-hydrogen) atoms. The number of anilines is 1. The maximum atomic E-state index is 13.1. The Labute approximate surface area is 198 Å². The molecule has 0 bridgehead atoms. The van der Waals surface area contributed by atoms with Gasteiger partial charge in [0.25, 0.3) is 0 Å². The molecule has 3 rings (SSSR count). The van der Waals surface area contributed by atoms with Gasteiger partial charge in [-0.3, -0.25) is 9.69 Å². The Morgan fingerprint density at radius 2 is 1.83 bits per heavy atom. The predicted molar refractivity (Wildman–Crippen MR) is 134 cm³/mol. The van der Waals surface area contributed by atoms with E-state index in [1.54, 1.807) is 11.8 Å². The molecule has 0 spiro atoms. The number of hydrogen-bond acceptors (Lipinski definition) is 5. The number of fused-ring (bicyclic) bond motifs is 1. The molecule has 0 radical (unpaired) electrons. The summed E-state index contributed by atoms with van der Waals surface area (Å²) in [4.78, 5) is 23.2. The van der Waals surface area contributed by atoms with Crippen molar-refractivity contribution in [2.24, 2.45) is 0 Å². The number of likely N-dealkylation sites (N-methyl/N-ethyl adjacent to an activating group) is 1. The molecule has 0 saturated heterocycles. The Kier molecular flexibility index (Phi) is 10.4. The Bertz CT molecular complexity index is 933. The molecule has 1 amide bonds. The van der Waals surface area contributed by atoms with Gasteiger partial charge in [-0.05, 0) is 43.4 Å². The van der Waals surface area contributed by atoms with Crippen LogP contribution in [0.25, 0.3) is 10.2 Å². The third-order valence-corrected chi connectivity index (χ3v) is 7.02. The number of carbonyl (C=O) groups is 1. The largest absolute Gasteiger partial charge is 0.302 e. The second-order valence-electron chi connectivity index (χ2n) is 6.59. The monoisotopic (exact) mass is 483 g/mol. The molecule has 0 N–H and O–H groups in total. The molecule has 0 aliphatic heterocycles. The van der Waals surface area contributed by atoms with E-state index in [0.29, 0.717) is 18.0 Å². The van der Waals surface area contributed by atoms with E-state index in [1.807, 2.05) is 41.3 Å². The molecule has 0 unspecified atom stereocenters. The Balaban J connectivity index is 0.00000320. The van der Waals surface area contributed by atoms with E-state index in [0.717, 1.165) is 40.7 Å². The topological polar surface area (TPSA) is 36.4 Å². The number of hydrogen-bond donors (Lipinski definition) is 0. The van der Waals surface area contributed by atoms with Crippen molar-refractivity contribution in [2.45, 2.75) is 25.2 Å². The summed E-state index contributed by atoms with van der Waals surface area (Å²) in [6.07, 6.45) is 0.481. The lowest BCUT2D eigenvalue weighted by Gasteiger charge is -2.24. The summed E-state index contributed by atoms with van der Waals surface area (Å²) in [7, 11) is 0. The number of thioether (sulfide) groups is 1. The summed E-state index contributed by atoms with van der Waals surface area (Å²) in [5.74, 6) is 0.868. The number of nitrogens with zero attached hydrogens (tertiary/aromatic N) is 3. The van der Waals surface area contributed by atoms with Crippen molar-refractivity contribution in [3.63, 3.8) is 0 Å². The number of halogens is 2. The highest BCUT2D eigenvalue weighted by Gasteiger charge is 2.20. The summed E-state index contributed by atoms with van der Waals surface area (Å²) in [6, 6.07) is 15.9. The fourth-order valence-corrected chi connectivity index (χ4v) is 5.16. The van der Waals surface area contributed by atoms with Crippen LogP contribution in [-0.4, -0.2) is 47.7 Å². The first-order valence-corrected chi connectivity index (χ1v) is 12.1. The van der Waals surface area contributed by atoms with Crippen LogP contribution in [0.2, 0.25) is 5.02 Å². The van der Waals surface area contributed by atoms with Crippen LogP contribution in [0.3, 0.4) is 0 Å². The number of carbonyl (C=O) groups excluding carboxylic acids is 1. The molecule has 0 aliphatic carbocycles. The summed E-state index contributed by atoms with van der Waals surface area (Å²) in [5, 5.41) is 1.44. The normalized spacial score (nSPS) is 10.9. The fraction of sp³-hybridized carbons (Fsp3) is 0.364. The average molecular weight is 485 g/mol. The van der Waals surface area contributed by atoms with E-state index in [2.05, 4.69) is 30.9 Å². The van der Waals surface area contributed by atoms with Gasteiger partial charge >= 0.3 is 0 Å². The Hall–Kier alpha value is -1.31. The van der Waals surface area contributed by atoms with Gasteiger partial charge in [0, 0.05) is 35.2 Å². The molecular weight excluding hydrogens is 457 g/mol. The standard InChI is InChI=1S/C22H26ClN3OS2.ClH/c1-3-25(4-2)13-14-26(21(27)12-15-28-18-8-6-5-7-9-18)22-24-19-11-10-17(23)16-20(19)29-22;/h5-11,16H,3-4,12-15H2,1-2H3;1H. The van der Waals surface area contributed by atoms with Gasteiger partial charge < -0.3 is 4.90 Å². The fourth-order valence-electron chi connectivity index (χ4n) is 3.02. The quantitative estimate of drug-likeness (QED) is 0.320. The lowest BCUT2D eigenvalue weighted by molar-refractivity contribution is -0.118. The minimum Gasteiger partial charge on any atom is -0.302 e. The van der Waals surface area contributed by atoms with Crippen LogP contribution < -0.4 is 4.90 Å². The lowest BCUT2D eigenvalue weighted by atomic mass is 10.3. The third-order valence-electron chi connectivity index (χ3n) is 4.73. The van der Waals surface area contributed by atoms with Gasteiger partial charge in [-0.2, -0.15) is 0 Å².